The van der Waals surface area contributed by atoms with Crippen molar-refractivity contribution in [3.05, 3.63) is 47.8 Å². The van der Waals surface area contributed by atoms with E-state index in [1.165, 1.54) is 45.4 Å². The molecule has 1 aromatic carbocycles. The molecule has 3 rings (SSSR count). The van der Waals surface area contributed by atoms with E-state index in [9.17, 15) is 14.4 Å². The average Bonchev–Trinajstić information content (AvgIpc) is 3.20. The lowest BCUT2D eigenvalue weighted by atomic mass is 10.1. The van der Waals surface area contributed by atoms with Crippen molar-refractivity contribution in [2.24, 2.45) is 0 Å². The molecule has 1 aromatic heterocycles. The lowest BCUT2D eigenvalue weighted by Crippen LogP contribution is -2.30. The number of nitrogens with zero attached hydrogens (tertiary/aromatic N) is 1. The highest BCUT2D eigenvalue weighted by molar-refractivity contribution is 5.99. The summed E-state index contributed by atoms with van der Waals surface area (Å²) >= 11 is 0. The Morgan fingerprint density at radius 2 is 1.79 bits per heavy atom. The molecule has 1 atom stereocenters. The van der Waals surface area contributed by atoms with Gasteiger partial charge in [-0.3, -0.25) is 9.59 Å². The minimum Gasteiger partial charge on any atom is -0.448 e. The number of ketones is 1. The van der Waals surface area contributed by atoms with Crippen LogP contribution in [0, 0.1) is 0 Å². The first-order valence-electron chi connectivity index (χ1n) is 9.50. The number of aromatic nitrogens is 1. The van der Waals surface area contributed by atoms with Gasteiger partial charge in [-0.2, -0.15) is 0 Å². The van der Waals surface area contributed by atoms with E-state index in [0.29, 0.717) is 11.3 Å². The number of benzene rings is 1. The molecule has 0 radical (unpaired) electrons. The zero-order valence-electron chi connectivity index (χ0n) is 16.2. The fourth-order valence-electron chi connectivity index (χ4n) is 3.14. The van der Waals surface area contributed by atoms with Crippen molar-refractivity contribution in [1.82, 2.24) is 4.98 Å². The second kappa shape index (κ2) is 8.73. The quantitative estimate of drug-likeness (QED) is 0.589. The van der Waals surface area contributed by atoms with Crippen LogP contribution in [-0.4, -0.2) is 41.8 Å². The molecule has 0 bridgehead atoms. The molecule has 0 unspecified atom stereocenters. The van der Waals surface area contributed by atoms with Gasteiger partial charge in [0.1, 0.15) is 5.69 Å². The summed E-state index contributed by atoms with van der Waals surface area (Å²) < 4.78 is 5.18. The Bertz CT molecular complexity index is 851. The van der Waals surface area contributed by atoms with E-state index in [2.05, 4.69) is 15.2 Å². The van der Waals surface area contributed by atoms with Gasteiger partial charge in [0, 0.05) is 36.2 Å². The van der Waals surface area contributed by atoms with Crippen LogP contribution in [0.2, 0.25) is 0 Å². The fraction of sp³-hybridized carbons (Fsp3) is 0.381. The molecule has 0 saturated carbocycles. The highest BCUT2D eigenvalue weighted by Crippen LogP contribution is 2.22. The lowest BCUT2D eigenvalue weighted by Gasteiger charge is -2.28. The Balaban J connectivity index is 1.54. The first-order valence-corrected chi connectivity index (χ1v) is 9.50. The number of Topliss-reactive ketones (excluding diaryl/α,β-unsaturated/α-hetero) is 1. The van der Waals surface area contributed by atoms with Crippen LogP contribution in [0.15, 0.2) is 36.5 Å². The molecule has 2 N–H and O–H groups in total. The Morgan fingerprint density at radius 3 is 2.39 bits per heavy atom. The minimum atomic E-state index is -0.974. The largest absolute Gasteiger partial charge is 0.448 e. The van der Waals surface area contributed by atoms with Crippen LogP contribution in [0.1, 0.15) is 54.0 Å². The van der Waals surface area contributed by atoms with Crippen LogP contribution in [0.4, 0.5) is 11.4 Å². The van der Waals surface area contributed by atoms with Crippen LogP contribution in [-0.2, 0) is 9.53 Å². The average molecular weight is 383 g/mol. The predicted molar refractivity (Wildman–Crippen MR) is 107 cm³/mol. The smallest absolute Gasteiger partial charge is 0.355 e. The number of aromatic amines is 1. The fourth-order valence-corrected chi connectivity index (χ4v) is 3.14. The highest BCUT2D eigenvalue weighted by Gasteiger charge is 2.21. The predicted octanol–water partition coefficient (Wildman–Crippen LogP) is 3.39. The van der Waals surface area contributed by atoms with E-state index in [4.69, 9.17) is 4.74 Å². The number of esters is 1. The van der Waals surface area contributed by atoms with Gasteiger partial charge in [-0.1, -0.05) is 0 Å². The number of rotatable bonds is 6. The zero-order chi connectivity index (χ0) is 20.1. The monoisotopic (exact) mass is 383 g/mol. The zero-order valence-corrected chi connectivity index (χ0v) is 16.2. The number of H-pyrrole nitrogens is 1. The maximum absolute atomic E-state index is 12.3. The summed E-state index contributed by atoms with van der Waals surface area (Å²) in [5.74, 6) is -1.26. The summed E-state index contributed by atoms with van der Waals surface area (Å²) in [4.78, 5) is 40.8. The molecule has 0 aliphatic carbocycles. The van der Waals surface area contributed by atoms with Crippen molar-refractivity contribution in [3.8, 4) is 0 Å². The van der Waals surface area contributed by atoms with Crippen LogP contribution >= 0.6 is 0 Å². The number of piperidine rings is 1. The molecule has 28 heavy (non-hydrogen) atoms. The van der Waals surface area contributed by atoms with Gasteiger partial charge in [-0.05, 0) is 63.4 Å². The minimum absolute atomic E-state index is 0.135. The van der Waals surface area contributed by atoms with Crippen LogP contribution in [0.5, 0.6) is 0 Å². The molecular weight excluding hydrogens is 358 g/mol. The number of hydrogen-bond donors (Lipinski definition) is 2. The molecule has 0 spiro atoms. The van der Waals surface area contributed by atoms with Crippen molar-refractivity contribution in [2.45, 2.75) is 39.2 Å². The molecule has 2 aromatic rings. The summed E-state index contributed by atoms with van der Waals surface area (Å²) in [5.41, 5.74) is 2.31. The maximum Gasteiger partial charge on any atom is 0.355 e. The molecule has 7 nitrogen and oxygen atoms in total. The number of anilines is 2. The first-order chi connectivity index (χ1) is 13.4. The summed E-state index contributed by atoms with van der Waals surface area (Å²) in [6.45, 7) is 5.03. The van der Waals surface area contributed by atoms with Gasteiger partial charge < -0.3 is 19.9 Å². The highest BCUT2D eigenvalue weighted by atomic mass is 16.5. The molecule has 148 valence electrons. The Labute approximate surface area is 164 Å². The van der Waals surface area contributed by atoms with Gasteiger partial charge in [-0.15, -0.1) is 0 Å². The molecule has 2 heterocycles. The molecule has 1 amide bonds. The molecule has 1 saturated heterocycles. The third-order valence-electron chi connectivity index (χ3n) is 4.82. The van der Waals surface area contributed by atoms with Crippen molar-refractivity contribution in [3.63, 3.8) is 0 Å². The number of carbonyl (C=O) groups excluding carboxylic acids is 3. The number of nitrogens with one attached hydrogen (secondary N) is 2. The third-order valence-corrected chi connectivity index (χ3v) is 4.82. The number of amides is 1. The normalized spacial score (nSPS) is 15.0. The van der Waals surface area contributed by atoms with E-state index >= 15 is 0 Å². The van der Waals surface area contributed by atoms with E-state index in [1.807, 2.05) is 24.3 Å². The Morgan fingerprint density at radius 1 is 1.11 bits per heavy atom. The van der Waals surface area contributed by atoms with E-state index < -0.39 is 18.0 Å². The van der Waals surface area contributed by atoms with Gasteiger partial charge in [0.15, 0.2) is 11.9 Å². The Kier molecular flexibility index (Phi) is 6.13. The first kappa shape index (κ1) is 19.7. The second-order valence-corrected chi connectivity index (χ2v) is 6.99. The molecule has 1 aliphatic rings. The van der Waals surface area contributed by atoms with Crippen LogP contribution in [0.25, 0.3) is 0 Å². The molecule has 7 heteroatoms. The van der Waals surface area contributed by atoms with Gasteiger partial charge in [0.2, 0.25) is 0 Å². The maximum atomic E-state index is 12.3. The van der Waals surface area contributed by atoms with Crippen molar-refractivity contribution < 1.29 is 19.1 Å². The number of hydrogen-bond acceptors (Lipinski definition) is 5. The van der Waals surface area contributed by atoms with Crippen molar-refractivity contribution >= 4 is 29.0 Å². The summed E-state index contributed by atoms with van der Waals surface area (Å²) in [7, 11) is 0. The summed E-state index contributed by atoms with van der Waals surface area (Å²) in [6.07, 6.45) is 4.15. The number of carbonyl (C=O) groups is 3. The standard InChI is InChI=1S/C21H25N3O4/c1-14(25)16-12-19(22-13-16)21(27)28-15(2)20(26)23-17-6-8-18(9-7-17)24-10-4-3-5-11-24/h6-9,12-13,15,22H,3-5,10-11H2,1-2H3,(H,23,26)/t15-/m0/s1. The third kappa shape index (κ3) is 4.79. The molecular formula is C21H25N3O4. The number of ether oxygens (including phenoxy) is 1. The lowest BCUT2D eigenvalue weighted by molar-refractivity contribution is -0.123. The van der Waals surface area contributed by atoms with Crippen LogP contribution < -0.4 is 10.2 Å². The van der Waals surface area contributed by atoms with E-state index in [0.717, 1.165) is 18.8 Å². The second-order valence-electron chi connectivity index (χ2n) is 6.99. The van der Waals surface area contributed by atoms with E-state index in [1.54, 1.807) is 0 Å². The topological polar surface area (TPSA) is 91.5 Å². The van der Waals surface area contributed by atoms with Crippen LogP contribution in [0.3, 0.4) is 0 Å². The van der Waals surface area contributed by atoms with Crippen molar-refractivity contribution in [2.75, 3.05) is 23.3 Å². The van der Waals surface area contributed by atoms with Gasteiger partial charge in [-0.25, -0.2) is 4.79 Å². The van der Waals surface area contributed by atoms with Gasteiger partial charge in [0.05, 0.1) is 0 Å². The molecule has 1 fully saturated rings. The van der Waals surface area contributed by atoms with E-state index in [-0.39, 0.29) is 11.5 Å². The van der Waals surface area contributed by atoms with Crippen molar-refractivity contribution in [1.29, 1.82) is 0 Å². The summed E-state index contributed by atoms with van der Waals surface area (Å²) in [5, 5.41) is 2.75. The molecule has 1 aliphatic heterocycles. The summed E-state index contributed by atoms with van der Waals surface area (Å²) in [6, 6.07) is 9.08. The SMILES string of the molecule is CC(=O)c1c[nH]c(C(=O)O[C@@H](C)C(=O)Nc2ccc(N3CCCCC3)cc2)c1. The van der Waals surface area contributed by atoms with Gasteiger partial charge >= 0.3 is 5.97 Å². The van der Waals surface area contributed by atoms with Gasteiger partial charge in [0.25, 0.3) is 5.91 Å². The Hall–Kier alpha value is -3.09.